The molecule has 1 saturated heterocycles. The molecule has 1 aromatic rings. The van der Waals surface area contributed by atoms with E-state index in [9.17, 15) is 30.6 Å². The second kappa shape index (κ2) is 9.41. The van der Waals surface area contributed by atoms with Gasteiger partial charge in [0.1, 0.15) is 23.6 Å². The Labute approximate surface area is 205 Å². The van der Waals surface area contributed by atoms with Crippen LogP contribution in [0.4, 0.5) is 0 Å². The third-order valence-electron chi connectivity index (χ3n) is 9.24. The van der Waals surface area contributed by atoms with Crippen LogP contribution in [-0.4, -0.2) is 79.2 Å². The van der Waals surface area contributed by atoms with Crippen molar-refractivity contribution in [3.05, 3.63) is 42.5 Å². The summed E-state index contributed by atoms with van der Waals surface area (Å²) in [5.74, 6) is -0.846. The van der Waals surface area contributed by atoms with Crippen LogP contribution in [0.1, 0.15) is 44.1 Å². The molecule has 2 bridgehead atoms. The highest BCUT2D eigenvalue weighted by Gasteiger charge is 2.74. The summed E-state index contributed by atoms with van der Waals surface area (Å²) in [6.45, 7) is 3.54. The minimum atomic E-state index is -1.99. The summed E-state index contributed by atoms with van der Waals surface area (Å²) in [7, 11) is 0. The third kappa shape index (κ3) is 3.94. The van der Waals surface area contributed by atoms with Crippen LogP contribution < -0.4 is 4.74 Å². The highest BCUT2D eigenvalue weighted by atomic mass is 16.7. The van der Waals surface area contributed by atoms with Crippen LogP contribution in [0, 0.1) is 23.7 Å². The number of benzene rings is 1. The fourth-order valence-corrected chi connectivity index (χ4v) is 7.40. The summed E-state index contributed by atoms with van der Waals surface area (Å²) in [6.07, 6.45) is -0.533. The molecule has 8 heteroatoms. The second-order valence-electron chi connectivity index (χ2n) is 11.1. The van der Waals surface area contributed by atoms with Crippen LogP contribution >= 0.6 is 0 Å². The van der Waals surface area contributed by atoms with Gasteiger partial charge in [-0.05, 0) is 86.3 Å². The Morgan fingerprint density at radius 2 is 1.77 bits per heavy atom. The Balaban J connectivity index is 1.53. The number of allylic oxidation sites excluding steroid dienone is 1. The van der Waals surface area contributed by atoms with Crippen molar-refractivity contribution in [1.82, 2.24) is 0 Å². The van der Waals surface area contributed by atoms with Crippen molar-refractivity contribution >= 4 is 0 Å². The molecule has 1 aromatic carbocycles. The van der Waals surface area contributed by atoms with E-state index < -0.39 is 53.7 Å². The van der Waals surface area contributed by atoms with Gasteiger partial charge in [-0.2, -0.15) is 0 Å². The average molecular weight is 491 g/mol. The van der Waals surface area contributed by atoms with E-state index in [0.29, 0.717) is 44.3 Å². The molecule has 8 nitrogen and oxygen atoms in total. The maximum Gasteiger partial charge on any atom is 0.232 e. The lowest BCUT2D eigenvalue weighted by Gasteiger charge is -2.62. The van der Waals surface area contributed by atoms with Gasteiger partial charge in [0.25, 0.3) is 0 Å². The van der Waals surface area contributed by atoms with Gasteiger partial charge in [-0.3, -0.25) is 0 Å². The van der Waals surface area contributed by atoms with Crippen LogP contribution in [0.2, 0.25) is 0 Å². The highest BCUT2D eigenvalue weighted by Crippen LogP contribution is 2.58. The molecule has 0 amide bonds. The summed E-state index contributed by atoms with van der Waals surface area (Å²) in [4.78, 5) is 0. The molecule has 194 valence electrons. The van der Waals surface area contributed by atoms with E-state index >= 15 is 0 Å². The first kappa shape index (κ1) is 25.1. The van der Waals surface area contributed by atoms with Crippen LogP contribution in [0.15, 0.2) is 36.9 Å². The largest absolute Gasteiger partial charge is 0.462 e. The van der Waals surface area contributed by atoms with Gasteiger partial charge < -0.3 is 40.1 Å². The molecule has 4 fully saturated rings. The lowest BCUT2D eigenvalue weighted by molar-refractivity contribution is -0.398. The first-order valence-electron chi connectivity index (χ1n) is 12.8. The minimum Gasteiger partial charge on any atom is -0.462 e. The molecule has 3 saturated carbocycles. The zero-order valence-electron chi connectivity index (χ0n) is 19.9. The predicted molar refractivity (Wildman–Crippen MR) is 126 cm³/mol. The van der Waals surface area contributed by atoms with Gasteiger partial charge >= 0.3 is 0 Å². The molecule has 0 unspecified atom stereocenters. The molecule has 0 spiro atoms. The van der Waals surface area contributed by atoms with E-state index in [1.165, 1.54) is 0 Å². The molecule has 11 atom stereocenters. The summed E-state index contributed by atoms with van der Waals surface area (Å²) >= 11 is 0. The van der Waals surface area contributed by atoms with E-state index in [0.717, 1.165) is 5.56 Å². The van der Waals surface area contributed by atoms with Crippen LogP contribution in [0.5, 0.6) is 5.75 Å². The zero-order chi connectivity index (χ0) is 25.0. The monoisotopic (exact) mass is 490 g/mol. The van der Waals surface area contributed by atoms with Gasteiger partial charge in [-0.15, -0.1) is 6.58 Å². The van der Waals surface area contributed by atoms with Gasteiger partial charge in [-0.25, -0.2) is 0 Å². The number of ether oxygens (including phenoxy) is 2. The van der Waals surface area contributed by atoms with Crippen LogP contribution in [-0.2, 0) is 11.2 Å². The Morgan fingerprint density at radius 3 is 2.46 bits per heavy atom. The molecular weight excluding hydrogens is 452 g/mol. The normalized spacial score (nSPS) is 46.9. The number of fused-ring (bicyclic) bond motifs is 2. The van der Waals surface area contributed by atoms with Crippen molar-refractivity contribution in [1.29, 1.82) is 0 Å². The minimum absolute atomic E-state index is 0.0570. The quantitative estimate of drug-likeness (QED) is 0.323. The third-order valence-corrected chi connectivity index (χ3v) is 9.24. The molecule has 5 rings (SSSR count). The van der Waals surface area contributed by atoms with Gasteiger partial charge in [0.05, 0.1) is 12.2 Å². The maximum absolute atomic E-state index is 12.0. The van der Waals surface area contributed by atoms with E-state index in [1.54, 1.807) is 18.2 Å². The Morgan fingerprint density at radius 1 is 1.03 bits per heavy atom. The predicted octanol–water partition coefficient (Wildman–Crippen LogP) is 0.902. The molecule has 1 aliphatic heterocycles. The van der Waals surface area contributed by atoms with Crippen molar-refractivity contribution in [2.75, 3.05) is 6.61 Å². The topological polar surface area (TPSA) is 140 Å². The fourth-order valence-electron chi connectivity index (χ4n) is 7.40. The molecular formula is C27H38O8. The average Bonchev–Trinajstić information content (AvgIpc) is 2.93. The van der Waals surface area contributed by atoms with Crippen molar-refractivity contribution in [2.24, 2.45) is 23.7 Å². The van der Waals surface area contributed by atoms with Crippen molar-refractivity contribution < 1.29 is 40.1 Å². The van der Waals surface area contributed by atoms with Gasteiger partial charge in [-0.1, -0.05) is 18.2 Å². The molecule has 6 N–H and O–H groups in total. The van der Waals surface area contributed by atoms with E-state index in [-0.39, 0.29) is 24.9 Å². The summed E-state index contributed by atoms with van der Waals surface area (Å²) in [5, 5.41) is 67.0. The second-order valence-corrected chi connectivity index (χ2v) is 11.1. The lowest BCUT2D eigenvalue weighted by atomic mass is 9.56. The number of rotatable bonds is 6. The van der Waals surface area contributed by atoms with Gasteiger partial charge in [0.2, 0.25) is 6.29 Å². The Kier molecular flexibility index (Phi) is 6.76. The van der Waals surface area contributed by atoms with E-state index in [1.807, 2.05) is 12.1 Å². The molecule has 35 heavy (non-hydrogen) atoms. The Hall–Kier alpha value is -1.52. The maximum atomic E-state index is 12.0. The lowest BCUT2D eigenvalue weighted by Crippen LogP contribution is -2.81. The summed E-state index contributed by atoms with van der Waals surface area (Å²) in [6, 6.07) is 7.21. The highest BCUT2D eigenvalue weighted by molar-refractivity contribution is 5.29. The van der Waals surface area contributed by atoms with Crippen LogP contribution in [0.25, 0.3) is 0 Å². The number of aliphatic hydroxyl groups is 6. The number of hydrogen-bond donors (Lipinski definition) is 6. The summed E-state index contributed by atoms with van der Waals surface area (Å²) in [5.41, 5.74) is -2.83. The fraction of sp³-hybridized carbons (Fsp3) is 0.704. The first-order valence-corrected chi connectivity index (χ1v) is 12.8. The zero-order valence-corrected chi connectivity index (χ0v) is 19.9. The van der Waals surface area contributed by atoms with Crippen molar-refractivity contribution in [3.8, 4) is 5.75 Å². The molecule has 3 aliphatic carbocycles. The number of hydrogen-bond acceptors (Lipinski definition) is 8. The smallest absolute Gasteiger partial charge is 0.232 e. The van der Waals surface area contributed by atoms with Gasteiger partial charge in [0, 0.05) is 6.61 Å². The standard InChI is InChI=1S/C27H38O8/c1-2-3-15-4-8-20(9-5-15)34-25-27(33)17(10-11-28)13-18-12-16-6-7-19(29)14-21(16)22(30)23(35-25)26(18,32)24(27)31/h2,4-5,8-9,16-19,21-25,28-33H,1,3,6-7,10-14H2/t16-,17-,18+,19-,21-,22-,23+,24-,25+,26+,27-/m0/s1. The SMILES string of the molecule is C=CCc1ccc(O[C@@H]2O[C@@H]3[C@@H](O)[C@H]4C[C@@H](O)CC[C@H]4C[C@@H]4C[C@H](CCO)[C@]2(O)[C@@H](O)[C@@]43O)cc1. The van der Waals surface area contributed by atoms with Crippen LogP contribution in [0.3, 0.4) is 0 Å². The molecule has 0 aromatic heterocycles. The van der Waals surface area contributed by atoms with E-state index in [4.69, 9.17) is 9.47 Å². The molecule has 0 radical (unpaired) electrons. The van der Waals surface area contributed by atoms with Crippen molar-refractivity contribution in [3.63, 3.8) is 0 Å². The van der Waals surface area contributed by atoms with Crippen molar-refractivity contribution in [2.45, 2.75) is 86.9 Å². The first-order chi connectivity index (χ1) is 16.7. The molecule has 1 heterocycles. The van der Waals surface area contributed by atoms with E-state index in [2.05, 4.69) is 6.58 Å². The number of aliphatic hydroxyl groups excluding tert-OH is 4. The molecule has 4 aliphatic rings. The summed E-state index contributed by atoms with van der Waals surface area (Å²) < 4.78 is 12.3. The van der Waals surface area contributed by atoms with Gasteiger partial charge in [0.15, 0.2) is 5.60 Å². The Bertz CT molecular complexity index is 907.